The molecule has 4 aliphatic rings. The summed E-state index contributed by atoms with van der Waals surface area (Å²) in [5.41, 5.74) is 2.17. The lowest BCUT2D eigenvalue weighted by Gasteiger charge is -2.35. The van der Waals surface area contributed by atoms with Crippen molar-refractivity contribution >= 4 is 29.5 Å². The van der Waals surface area contributed by atoms with E-state index in [4.69, 9.17) is 4.74 Å². The number of carbonyl (C=O) groups is 5. The van der Waals surface area contributed by atoms with Gasteiger partial charge in [-0.2, -0.15) is 0 Å². The fourth-order valence-electron chi connectivity index (χ4n) is 7.00. The number of piperidine rings is 1. The third-order valence-electron chi connectivity index (χ3n) is 9.44. The first-order valence-corrected chi connectivity index (χ1v) is 14.6. The van der Waals surface area contributed by atoms with Crippen molar-refractivity contribution in [2.45, 2.75) is 91.0 Å². The summed E-state index contributed by atoms with van der Waals surface area (Å²) in [4.78, 5) is 67.1. The van der Waals surface area contributed by atoms with Crippen LogP contribution >= 0.6 is 0 Å². The Morgan fingerprint density at radius 3 is 2.20 bits per heavy atom. The molecule has 1 aromatic rings. The van der Waals surface area contributed by atoms with Crippen LogP contribution in [0.4, 0.5) is 4.79 Å². The zero-order valence-electron chi connectivity index (χ0n) is 24.1. The predicted molar refractivity (Wildman–Crippen MR) is 147 cm³/mol. The summed E-state index contributed by atoms with van der Waals surface area (Å²) in [6.07, 6.45) is 2.65. The molecule has 3 fully saturated rings. The summed E-state index contributed by atoms with van der Waals surface area (Å²) in [7, 11) is 0. The van der Waals surface area contributed by atoms with E-state index in [1.54, 1.807) is 18.7 Å². The number of amides is 3. The van der Waals surface area contributed by atoms with Gasteiger partial charge in [-0.05, 0) is 73.3 Å². The van der Waals surface area contributed by atoms with Gasteiger partial charge in [0.05, 0.1) is 12.1 Å². The minimum Gasteiger partial charge on any atom is -0.447 e. The largest absolute Gasteiger partial charge is 0.447 e. The Balaban J connectivity index is 1.39. The minimum absolute atomic E-state index is 0.0607. The highest BCUT2D eigenvalue weighted by Gasteiger charge is 2.69. The highest BCUT2D eigenvalue weighted by Crippen LogP contribution is 2.65. The van der Waals surface area contributed by atoms with Crippen molar-refractivity contribution in [2.75, 3.05) is 6.54 Å². The van der Waals surface area contributed by atoms with Gasteiger partial charge in [-0.15, -0.1) is 0 Å². The third kappa shape index (κ3) is 5.52. The molecule has 2 N–H and O–H groups in total. The molecule has 40 heavy (non-hydrogen) atoms. The van der Waals surface area contributed by atoms with E-state index in [0.717, 1.165) is 24.0 Å². The molecule has 216 valence electrons. The number of hydrogen-bond acceptors (Lipinski definition) is 6. The zero-order valence-corrected chi connectivity index (χ0v) is 24.1. The number of carbonyl (C=O) groups excluding carboxylic acids is 5. The van der Waals surface area contributed by atoms with Gasteiger partial charge in [0.15, 0.2) is 5.78 Å². The van der Waals surface area contributed by atoms with Gasteiger partial charge < -0.3 is 20.3 Å². The Kier molecular flexibility index (Phi) is 7.52. The number of hydrogen-bond donors (Lipinski definition) is 2. The van der Waals surface area contributed by atoms with Crippen LogP contribution in [0.1, 0.15) is 65.0 Å². The zero-order chi connectivity index (χ0) is 28.9. The average molecular weight is 552 g/mol. The minimum atomic E-state index is -0.880. The topological polar surface area (TPSA) is 122 Å². The standard InChI is InChI=1S/C31H41N3O6/c1-16(2)40-30(39)33-25(21-13-19-8-6-7-9-20(19)14-21)29(38)34-15-22-24(31(22,4)5)26(34)28(37)32-23(12-18-10-11-18)27(36)17(3)35/h6-9,16,18,21-26H,10-15H2,1-5H3,(H,32,37)(H,33,39)/t22-,23?,24-,25-,26-/m0/s1. The van der Waals surface area contributed by atoms with Gasteiger partial charge in [0.25, 0.3) is 0 Å². The van der Waals surface area contributed by atoms with Gasteiger partial charge in [-0.25, -0.2) is 4.79 Å². The number of fused-ring (bicyclic) bond motifs is 2. The van der Waals surface area contributed by atoms with Crippen LogP contribution in [-0.4, -0.2) is 65.1 Å². The quantitative estimate of drug-likeness (QED) is 0.432. The Hall–Kier alpha value is -3.23. The first-order chi connectivity index (χ1) is 18.9. The summed E-state index contributed by atoms with van der Waals surface area (Å²) >= 11 is 0. The maximum Gasteiger partial charge on any atom is 0.408 e. The van der Waals surface area contributed by atoms with Crippen LogP contribution in [0.5, 0.6) is 0 Å². The highest BCUT2D eigenvalue weighted by molar-refractivity contribution is 6.38. The molecule has 9 heteroatoms. The lowest BCUT2D eigenvalue weighted by Crippen LogP contribution is -2.59. The number of ether oxygens (including phenoxy) is 1. The number of benzene rings is 1. The molecular formula is C31H41N3O6. The first-order valence-electron chi connectivity index (χ1n) is 14.6. The second-order valence-corrected chi connectivity index (χ2v) is 13.1. The number of nitrogens with one attached hydrogen (secondary N) is 2. The normalized spacial score (nSPS) is 25.9. The van der Waals surface area contributed by atoms with E-state index in [2.05, 4.69) is 24.5 Å². The molecule has 1 saturated heterocycles. The van der Waals surface area contributed by atoms with Gasteiger partial charge >= 0.3 is 6.09 Å². The maximum atomic E-state index is 14.3. The predicted octanol–water partition coefficient (Wildman–Crippen LogP) is 2.83. The van der Waals surface area contributed by atoms with Crippen LogP contribution in [0.25, 0.3) is 0 Å². The van der Waals surface area contributed by atoms with Gasteiger partial charge in [-0.3, -0.25) is 19.2 Å². The molecule has 2 saturated carbocycles. The van der Waals surface area contributed by atoms with Crippen molar-refractivity contribution in [3.05, 3.63) is 35.4 Å². The van der Waals surface area contributed by atoms with Crippen molar-refractivity contribution in [3.8, 4) is 0 Å². The van der Waals surface area contributed by atoms with E-state index in [1.165, 1.54) is 6.92 Å². The summed E-state index contributed by atoms with van der Waals surface area (Å²) in [5, 5.41) is 5.70. The Morgan fingerprint density at radius 1 is 1.02 bits per heavy atom. The molecule has 0 spiro atoms. The second kappa shape index (κ2) is 10.6. The van der Waals surface area contributed by atoms with E-state index in [9.17, 15) is 24.0 Å². The number of nitrogens with zero attached hydrogens (tertiary/aromatic N) is 1. The molecule has 1 aromatic carbocycles. The molecule has 0 radical (unpaired) electrons. The van der Waals surface area contributed by atoms with E-state index in [0.29, 0.717) is 31.7 Å². The summed E-state index contributed by atoms with van der Waals surface area (Å²) in [5.74, 6) is -1.66. The maximum absolute atomic E-state index is 14.3. The van der Waals surface area contributed by atoms with Crippen molar-refractivity contribution in [2.24, 2.45) is 29.1 Å². The van der Waals surface area contributed by atoms with Crippen LogP contribution in [0.3, 0.4) is 0 Å². The van der Waals surface area contributed by atoms with Crippen molar-refractivity contribution in [1.82, 2.24) is 15.5 Å². The number of rotatable bonds is 10. The van der Waals surface area contributed by atoms with Crippen LogP contribution in [0.2, 0.25) is 0 Å². The molecule has 1 heterocycles. The SMILES string of the molecule is CC(=O)C(=O)C(CC1CC1)NC(=O)[C@@H]1[C@@H]2[C@H](CN1C(=O)[C@@H](NC(=O)OC(C)C)C1Cc3ccccc3C1)C2(C)C. The first kappa shape index (κ1) is 28.3. The van der Waals surface area contributed by atoms with Crippen molar-refractivity contribution in [1.29, 1.82) is 0 Å². The molecule has 0 bridgehead atoms. The van der Waals surface area contributed by atoms with Crippen LogP contribution in [0, 0.1) is 29.1 Å². The summed E-state index contributed by atoms with van der Waals surface area (Å²) in [6, 6.07) is 5.50. The van der Waals surface area contributed by atoms with E-state index < -0.39 is 41.7 Å². The molecule has 5 atom stereocenters. The van der Waals surface area contributed by atoms with E-state index >= 15 is 0 Å². The van der Waals surface area contributed by atoms with Gasteiger partial charge in [0, 0.05) is 13.5 Å². The molecule has 9 nitrogen and oxygen atoms in total. The van der Waals surface area contributed by atoms with Crippen LogP contribution < -0.4 is 10.6 Å². The van der Waals surface area contributed by atoms with Gasteiger partial charge in [-0.1, -0.05) is 51.0 Å². The number of Topliss-reactive ketones (excluding diaryl/α,β-unsaturated/α-hetero) is 2. The Morgan fingerprint density at radius 2 is 1.65 bits per heavy atom. The smallest absolute Gasteiger partial charge is 0.408 e. The second-order valence-electron chi connectivity index (χ2n) is 13.1. The number of ketones is 2. The summed E-state index contributed by atoms with van der Waals surface area (Å²) in [6.45, 7) is 9.31. The molecule has 5 rings (SSSR count). The van der Waals surface area contributed by atoms with Gasteiger partial charge in [0.2, 0.25) is 17.6 Å². The van der Waals surface area contributed by atoms with E-state index in [1.807, 2.05) is 24.3 Å². The fourth-order valence-corrected chi connectivity index (χ4v) is 7.00. The lowest BCUT2D eigenvalue weighted by molar-refractivity contribution is -0.144. The molecule has 3 aliphatic carbocycles. The summed E-state index contributed by atoms with van der Waals surface area (Å²) < 4.78 is 5.34. The number of alkyl carbamates (subject to hydrolysis) is 1. The Bertz CT molecular complexity index is 1200. The van der Waals surface area contributed by atoms with Gasteiger partial charge in [0.1, 0.15) is 12.1 Å². The van der Waals surface area contributed by atoms with Crippen LogP contribution in [0.15, 0.2) is 24.3 Å². The van der Waals surface area contributed by atoms with E-state index in [-0.39, 0.29) is 35.2 Å². The highest BCUT2D eigenvalue weighted by atomic mass is 16.6. The van der Waals surface area contributed by atoms with Crippen molar-refractivity contribution < 1.29 is 28.7 Å². The monoisotopic (exact) mass is 551 g/mol. The average Bonchev–Trinajstić information content (AvgIpc) is 3.64. The fraction of sp³-hybridized carbons (Fsp3) is 0.645. The lowest BCUT2D eigenvalue weighted by atomic mass is 9.93. The van der Waals surface area contributed by atoms with Crippen molar-refractivity contribution in [3.63, 3.8) is 0 Å². The molecule has 0 aromatic heterocycles. The number of likely N-dealkylation sites (tertiary alicyclic amines) is 1. The van der Waals surface area contributed by atoms with Crippen LogP contribution in [-0.2, 0) is 36.8 Å². The Labute approximate surface area is 235 Å². The molecule has 1 aliphatic heterocycles. The molecular weight excluding hydrogens is 510 g/mol. The molecule has 3 amide bonds. The molecule has 1 unspecified atom stereocenters. The third-order valence-corrected chi connectivity index (χ3v) is 9.44.